The largest absolute Gasteiger partial charge is 0.397 e. The lowest BCUT2D eigenvalue weighted by atomic mass is 9.94. The maximum Gasteiger partial charge on any atom is 0.263 e. The van der Waals surface area contributed by atoms with Crippen LogP contribution in [0.15, 0.2) is 53.6 Å². The van der Waals surface area contributed by atoms with Crippen LogP contribution in [0.3, 0.4) is 0 Å². The van der Waals surface area contributed by atoms with Crippen LogP contribution in [-0.2, 0) is 10.0 Å². The van der Waals surface area contributed by atoms with Crippen LogP contribution in [0.5, 0.6) is 0 Å². The number of anilines is 3. The molecule has 1 aromatic carbocycles. The third-order valence-corrected chi connectivity index (χ3v) is 7.64. The minimum atomic E-state index is -3.88. The van der Waals surface area contributed by atoms with Crippen LogP contribution >= 0.6 is 11.3 Å². The lowest BCUT2D eigenvalue weighted by Crippen LogP contribution is -2.14. The van der Waals surface area contributed by atoms with E-state index in [1.165, 1.54) is 36.5 Å². The number of pyridine rings is 2. The molecular weight excluding hydrogens is 472 g/mol. The van der Waals surface area contributed by atoms with E-state index >= 15 is 0 Å². The fraction of sp³-hybridized carbons (Fsp3) is 0.130. The highest BCUT2D eigenvalue weighted by molar-refractivity contribution is 7.92. The number of nitriles is 1. The van der Waals surface area contributed by atoms with Gasteiger partial charge in [-0.15, -0.1) is 11.3 Å². The van der Waals surface area contributed by atoms with E-state index in [0.717, 1.165) is 11.3 Å². The minimum absolute atomic E-state index is 0.0192. The lowest BCUT2D eigenvalue weighted by Gasteiger charge is -2.12. The first kappa shape index (κ1) is 23.2. The summed E-state index contributed by atoms with van der Waals surface area (Å²) in [5.41, 5.74) is 13.7. The van der Waals surface area contributed by atoms with Crippen LogP contribution in [0, 0.1) is 11.3 Å². The number of ketones is 1. The summed E-state index contributed by atoms with van der Waals surface area (Å²) >= 11 is 1.09. The van der Waals surface area contributed by atoms with Crippen molar-refractivity contribution in [3.05, 3.63) is 70.2 Å². The molecule has 4 rings (SSSR count). The van der Waals surface area contributed by atoms with E-state index in [4.69, 9.17) is 11.5 Å². The predicted octanol–water partition coefficient (Wildman–Crippen LogP) is 3.88. The van der Waals surface area contributed by atoms with Crippen LogP contribution < -0.4 is 16.2 Å². The molecule has 0 radical (unpaired) electrons. The molecule has 0 aliphatic heterocycles. The minimum Gasteiger partial charge on any atom is -0.397 e. The Kier molecular flexibility index (Phi) is 5.95. The first-order chi connectivity index (χ1) is 16.1. The number of carbonyl (C=O) groups excluding carboxylic acids is 1. The van der Waals surface area contributed by atoms with E-state index < -0.39 is 10.0 Å². The number of hydrogen-bond acceptors (Lipinski definition) is 9. The van der Waals surface area contributed by atoms with Crippen LogP contribution in [0.1, 0.15) is 46.1 Å². The van der Waals surface area contributed by atoms with Gasteiger partial charge in [0.1, 0.15) is 27.4 Å². The van der Waals surface area contributed by atoms with Gasteiger partial charge in [-0.1, -0.05) is 19.9 Å². The number of benzene rings is 1. The number of nitrogens with two attached hydrogens (primary N) is 2. The van der Waals surface area contributed by atoms with E-state index in [1.807, 2.05) is 13.8 Å². The zero-order valence-electron chi connectivity index (χ0n) is 18.2. The summed E-state index contributed by atoms with van der Waals surface area (Å²) in [6.45, 7) is 3.82. The highest BCUT2D eigenvalue weighted by Crippen LogP contribution is 2.41. The molecule has 0 saturated carbocycles. The topological polar surface area (TPSA) is 165 Å². The zero-order chi connectivity index (χ0) is 24.6. The predicted molar refractivity (Wildman–Crippen MR) is 132 cm³/mol. The van der Waals surface area contributed by atoms with Crippen molar-refractivity contribution >= 4 is 54.7 Å². The maximum absolute atomic E-state index is 13.2. The number of hydrogen-bond donors (Lipinski definition) is 3. The molecule has 0 saturated heterocycles. The Balaban J connectivity index is 1.71. The number of nitrogen functional groups attached to an aromatic ring is 2. The quantitative estimate of drug-likeness (QED) is 0.341. The first-order valence-corrected chi connectivity index (χ1v) is 12.4. The van der Waals surface area contributed by atoms with Gasteiger partial charge in [0.05, 0.1) is 16.1 Å². The molecule has 11 heteroatoms. The number of nitrogens with zero attached hydrogens (tertiary/aromatic N) is 3. The highest BCUT2D eigenvalue weighted by Gasteiger charge is 2.25. The van der Waals surface area contributed by atoms with Crippen molar-refractivity contribution in [1.82, 2.24) is 9.97 Å². The maximum atomic E-state index is 13.2. The van der Waals surface area contributed by atoms with Gasteiger partial charge in [0, 0.05) is 17.1 Å². The van der Waals surface area contributed by atoms with Gasteiger partial charge in [-0.3, -0.25) is 9.52 Å². The molecule has 3 heterocycles. The van der Waals surface area contributed by atoms with E-state index in [-0.39, 0.29) is 49.9 Å². The van der Waals surface area contributed by atoms with Gasteiger partial charge in [-0.2, -0.15) is 5.26 Å². The third kappa shape index (κ3) is 4.05. The van der Waals surface area contributed by atoms with E-state index in [1.54, 1.807) is 12.1 Å². The molecule has 0 amide bonds. The van der Waals surface area contributed by atoms with Crippen molar-refractivity contribution < 1.29 is 13.2 Å². The molecule has 0 atom stereocenters. The van der Waals surface area contributed by atoms with Gasteiger partial charge >= 0.3 is 0 Å². The van der Waals surface area contributed by atoms with Crippen molar-refractivity contribution in [3.8, 4) is 6.07 Å². The SMILES string of the molecule is CC(C)c1c(C#N)c(N)nc2sc(C(=O)c3ccc(S(=O)(=O)Nc4ccccn4)cc3)c(N)c12. The number of rotatable bonds is 6. The highest BCUT2D eigenvalue weighted by atomic mass is 32.2. The number of carbonyl (C=O) groups is 1. The Morgan fingerprint density at radius 1 is 1.15 bits per heavy atom. The second kappa shape index (κ2) is 8.74. The molecule has 34 heavy (non-hydrogen) atoms. The summed E-state index contributed by atoms with van der Waals surface area (Å²) in [7, 11) is -3.88. The Morgan fingerprint density at radius 3 is 2.44 bits per heavy atom. The second-order valence-corrected chi connectivity index (χ2v) is 10.4. The number of aromatic nitrogens is 2. The van der Waals surface area contributed by atoms with Gasteiger partial charge in [-0.25, -0.2) is 18.4 Å². The molecule has 172 valence electrons. The second-order valence-electron chi connectivity index (χ2n) is 7.75. The molecule has 5 N–H and O–H groups in total. The third-order valence-electron chi connectivity index (χ3n) is 5.17. The van der Waals surface area contributed by atoms with Crippen molar-refractivity contribution in [3.63, 3.8) is 0 Å². The summed E-state index contributed by atoms with van der Waals surface area (Å²) < 4.78 is 27.6. The van der Waals surface area contributed by atoms with Gasteiger partial charge in [0.15, 0.2) is 0 Å². The summed E-state index contributed by atoms with van der Waals surface area (Å²) in [5.74, 6) is -0.175. The Hall–Kier alpha value is -4.01. The van der Waals surface area contributed by atoms with E-state index in [2.05, 4.69) is 20.8 Å². The molecule has 9 nitrogen and oxygen atoms in total. The van der Waals surface area contributed by atoms with Gasteiger partial charge in [0.25, 0.3) is 10.0 Å². The van der Waals surface area contributed by atoms with Crippen molar-refractivity contribution in [1.29, 1.82) is 5.26 Å². The molecule has 0 aliphatic carbocycles. The van der Waals surface area contributed by atoms with Crippen LogP contribution in [0.2, 0.25) is 0 Å². The molecule has 0 unspecified atom stereocenters. The molecule has 0 spiro atoms. The molecular formula is C23H20N6O3S2. The summed E-state index contributed by atoms with van der Waals surface area (Å²) in [5, 5.41) is 10.1. The molecule has 4 aromatic rings. The van der Waals surface area contributed by atoms with Gasteiger partial charge in [0.2, 0.25) is 5.78 Å². The average molecular weight is 493 g/mol. The zero-order valence-corrected chi connectivity index (χ0v) is 19.9. The molecule has 3 aromatic heterocycles. The molecule has 0 bridgehead atoms. The normalized spacial score (nSPS) is 11.5. The van der Waals surface area contributed by atoms with Crippen LogP contribution in [-0.4, -0.2) is 24.2 Å². The fourth-order valence-corrected chi connectivity index (χ4v) is 5.69. The van der Waals surface area contributed by atoms with Gasteiger partial charge < -0.3 is 11.5 Å². The van der Waals surface area contributed by atoms with Crippen molar-refractivity contribution in [2.45, 2.75) is 24.7 Å². The van der Waals surface area contributed by atoms with Crippen LogP contribution in [0.4, 0.5) is 17.3 Å². The van der Waals surface area contributed by atoms with Crippen molar-refractivity contribution in [2.75, 3.05) is 16.2 Å². The summed E-state index contributed by atoms with van der Waals surface area (Å²) in [4.78, 5) is 22.2. The Labute approximate surface area is 200 Å². The first-order valence-electron chi connectivity index (χ1n) is 10.1. The number of sulfonamides is 1. The summed E-state index contributed by atoms with van der Waals surface area (Å²) in [6.07, 6.45) is 1.47. The van der Waals surface area contributed by atoms with Gasteiger partial charge in [-0.05, 0) is 47.9 Å². The smallest absolute Gasteiger partial charge is 0.263 e. The number of fused-ring (bicyclic) bond motifs is 1. The summed E-state index contributed by atoms with van der Waals surface area (Å²) in [6, 6.07) is 12.5. The fourth-order valence-electron chi connectivity index (χ4n) is 3.60. The standard InChI is InChI=1S/C23H20N6O3S2/c1-12(2)17-15(11-24)22(26)28-23-18(17)19(25)21(33-23)20(30)13-6-8-14(9-7-13)34(31,32)29-16-5-3-4-10-27-16/h3-10,12H,25H2,1-2H3,(H2,26,28)(H,27,29). The average Bonchev–Trinajstić information content (AvgIpc) is 3.13. The Bertz CT molecular complexity index is 1550. The lowest BCUT2D eigenvalue weighted by molar-refractivity contribution is 0.104. The number of thiophene rings is 1. The molecule has 0 aliphatic rings. The Morgan fingerprint density at radius 2 is 1.85 bits per heavy atom. The number of nitrogens with one attached hydrogen (secondary N) is 1. The van der Waals surface area contributed by atoms with E-state index in [9.17, 15) is 18.5 Å². The van der Waals surface area contributed by atoms with Crippen LogP contribution in [0.25, 0.3) is 10.2 Å². The monoisotopic (exact) mass is 492 g/mol. The van der Waals surface area contributed by atoms with Crippen molar-refractivity contribution in [2.24, 2.45) is 0 Å². The molecule has 0 fully saturated rings. The van der Waals surface area contributed by atoms with E-state index in [0.29, 0.717) is 15.8 Å².